The topological polar surface area (TPSA) is 31.4 Å². The van der Waals surface area contributed by atoms with E-state index in [9.17, 15) is 0 Å². The average molecular weight is 231 g/mol. The summed E-state index contributed by atoms with van der Waals surface area (Å²) in [6, 6.07) is 6.07. The zero-order chi connectivity index (χ0) is 12.4. The van der Waals surface area contributed by atoms with Crippen LogP contribution >= 0.6 is 0 Å². The standard InChI is InChI=1S/C14H17NO2/c1-9(2)11-7-10-5-6-12(16-3)14(17-4)13(10)15-8-11/h5-9H,1-4H3. The van der Waals surface area contributed by atoms with Gasteiger partial charge in [0.1, 0.15) is 5.52 Å². The summed E-state index contributed by atoms with van der Waals surface area (Å²) in [4.78, 5) is 4.48. The van der Waals surface area contributed by atoms with Gasteiger partial charge in [0.2, 0.25) is 0 Å². The quantitative estimate of drug-likeness (QED) is 0.811. The van der Waals surface area contributed by atoms with Crippen LogP contribution in [0.3, 0.4) is 0 Å². The van der Waals surface area contributed by atoms with Crippen molar-refractivity contribution in [3.05, 3.63) is 30.0 Å². The predicted octanol–water partition coefficient (Wildman–Crippen LogP) is 3.38. The summed E-state index contributed by atoms with van der Waals surface area (Å²) in [5.41, 5.74) is 2.07. The van der Waals surface area contributed by atoms with Crippen molar-refractivity contribution in [2.24, 2.45) is 0 Å². The predicted molar refractivity (Wildman–Crippen MR) is 68.9 cm³/mol. The number of methoxy groups -OCH3 is 2. The van der Waals surface area contributed by atoms with E-state index >= 15 is 0 Å². The van der Waals surface area contributed by atoms with Crippen molar-refractivity contribution in [1.82, 2.24) is 4.98 Å². The molecule has 0 spiro atoms. The smallest absolute Gasteiger partial charge is 0.187 e. The third kappa shape index (κ3) is 2.05. The molecule has 3 heteroatoms. The van der Waals surface area contributed by atoms with E-state index in [4.69, 9.17) is 9.47 Å². The molecule has 3 nitrogen and oxygen atoms in total. The number of aromatic nitrogens is 1. The third-order valence-electron chi connectivity index (χ3n) is 2.88. The van der Waals surface area contributed by atoms with Gasteiger partial charge in [0.25, 0.3) is 0 Å². The van der Waals surface area contributed by atoms with Crippen molar-refractivity contribution < 1.29 is 9.47 Å². The maximum absolute atomic E-state index is 5.36. The Morgan fingerprint density at radius 3 is 2.47 bits per heavy atom. The molecule has 0 fully saturated rings. The van der Waals surface area contributed by atoms with Crippen LogP contribution in [-0.4, -0.2) is 19.2 Å². The van der Waals surface area contributed by atoms with E-state index in [0.29, 0.717) is 17.4 Å². The maximum Gasteiger partial charge on any atom is 0.187 e. The zero-order valence-electron chi connectivity index (χ0n) is 10.7. The first-order valence-electron chi connectivity index (χ1n) is 5.68. The molecule has 1 aromatic carbocycles. The Kier molecular flexibility index (Phi) is 3.18. The lowest BCUT2D eigenvalue weighted by atomic mass is 10.0. The van der Waals surface area contributed by atoms with Crippen molar-refractivity contribution in [3.63, 3.8) is 0 Å². The molecule has 0 aliphatic heterocycles. The summed E-state index contributed by atoms with van der Waals surface area (Å²) in [6.07, 6.45) is 1.90. The molecule has 0 radical (unpaired) electrons. The second kappa shape index (κ2) is 4.62. The Balaban J connectivity index is 2.66. The molecule has 0 bridgehead atoms. The van der Waals surface area contributed by atoms with Crippen LogP contribution in [0.15, 0.2) is 24.4 Å². The van der Waals surface area contributed by atoms with E-state index in [1.165, 1.54) is 5.56 Å². The fourth-order valence-corrected chi connectivity index (χ4v) is 1.85. The van der Waals surface area contributed by atoms with Crippen LogP contribution in [0.1, 0.15) is 25.3 Å². The highest BCUT2D eigenvalue weighted by Crippen LogP contribution is 2.34. The van der Waals surface area contributed by atoms with E-state index in [0.717, 1.165) is 10.9 Å². The largest absolute Gasteiger partial charge is 0.493 e. The number of rotatable bonds is 3. The highest BCUT2D eigenvalue weighted by molar-refractivity contribution is 5.87. The molecule has 2 rings (SSSR count). The molecule has 0 aliphatic carbocycles. The summed E-state index contributed by atoms with van der Waals surface area (Å²) >= 11 is 0. The molecule has 17 heavy (non-hydrogen) atoms. The van der Waals surface area contributed by atoms with Gasteiger partial charge in [0.05, 0.1) is 14.2 Å². The molecule has 0 amide bonds. The summed E-state index contributed by atoms with van der Waals surface area (Å²) in [6.45, 7) is 4.31. The number of ether oxygens (including phenoxy) is 2. The lowest BCUT2D eigenvalue weighted by Gasteiger charge is -2.11. The van der Waals surface area contributed by atoms with Gasteiger partial charge in [-0.2, -0.15) is 0 Å². The second-order valence-electron chi connectivity index (χ2n) is 4.30. The number of hydrogen-bond acceptors (Lipinski definition) is 3. The zero-order valence-corrected chi connectivity index (χ0v) is 10.7. The number of pyridine rings is 1. The number of fused-ring (bicyclic) bond motifs is 1. The molecular formula is C14H17NO2. The van der Waals surface area contributed by atoms with E-state index < -0.39 is 0 Å². The SMILES string of the molecule is COc1ccc2cc(C(C)C)cnc2c1OC. The molecule has 0 unspecified atom stereocenters. The number of nitrogens with zero attached hydrogens (tertiary/aromatic N) is 1. The first kappa shape index (κ1) is 11.7. The fraction of sp³-hybridized carbons (Fsp3) is 0.357. The van der Waals surface area contributed by atoms with Gasteiger partial charge in [-0.1, -0.05) is 13.8 Å². The molecule has 0 N–H and O–H groups in total. The van der Waals surface area contributed by atoms with Gasteiger partial charge in [0, 0.05) is 11.6 Å². The highest BCUT2D eigenvalue weighted by atomic mass is 16.5. The van der Waals surface area contributed by atoms with Gasteiger partial charge in [-0.3, -0.25) is 4.98 Å². The van der Waals surface area contributed by atoms with E-state index in [-0.39, 0.29) is 0 Å². The average Bonchev–Trinajstić information content (AvgIpc) is 2.36. The van der Waals surface area contributed by atoms with Crippen LogP contribution < -0.4 is 9.47 Å². The molecule has 0 aliphatic rings. The Morgan fingerprint density at radius 2 is 1.88 bits per heavy atom. The lowest BCUT2D eigenvalue weighted by molar-refractivity contribution is 0.358. The Hall–Kier alpha value is -1.77. The molecule has 1 aromatic heterocycles. The van der Waals surface area contributed by atoms with Gasteiger partial charge in [0.15, 0.2) is 11.5 Å². The number of benzene rings is 1. The van der Waals surface area contributed by atoms with E-state index in [2.05, 4.69) is 24.9 Å². The Bertz CT molecular complexity index is 535. The second-order valence-corrected chi connectivity index (χ2v) is 4.30. The van der Waals surface area contributed by atoms with Crippen molar-refractivity contribution >= 4 is 10.9 Å². The molecule has 2 aromatic rings. The van der Waals surface area contributed by atoms with Gasteiger partial charge in [-0.25, -0.2) is 0 Å². The minimum Gasteiger partial charge on any atom is -0.493 e. The van der Waals surface area contributed by atoms with E-state index in [1.54, 1.807) is 14.2 Å². The summed E-state index contributed by atoms with van der Waals surface area (Å²) in [7, 11) is 3.27. The molecule has 0 saturated heterocycles. The van der Waals surface area contributed by atoms with Gasteiger partial charge in [-0.05, 0) is 29.7 Å². The normalized spacial score (nSPS) is 10.9. The lowest BCUT2D eigenvalue weighted by Crippen LogP contribution is -1.95. The molecule has 90 valence electrons. The van der Waals surface area contributed by atoms with Gasteiger partial charge < -0.3 is 9.47 Å². The minimum absolute atomic E-state index is 0.472. The first-order valence-corrected chi connectivity index (χ1v) is 5.68. The molecule has 0 saturated carbocycles. The Labute approximate surface area is 101 Å². The van der Waals surface area contributed by atoms with Crippen LogP contribution in [0.5, 0.6) is 11.5 Å². The van der Waals surface area contributed by atoms with Crippen LogP contribution in [0, 0.1) is 0 Å². The Morgan fingerprint density at radius 1 is 1.12 bits per heavy atom. The van der Waals surface area contributed by atoms with Crippen LogP contribution in [-0.2, 0) is 0 Å². The molecule has 1 heterocycles. The highest BCUT2D eigenvalue weighted by Gasteiger charge is 2.11. The summed E-state index contributed by atoms with van der Waals surface area (Å²) in [5, 5.41) is 1.08. The number of hydrogen-bond donors (Lipinski definition) is 0. The van der Waals surface area contributed by atoms with Crippen molar-refractivity contribution in [1.29, 1.82) is 0 Å². The fourth-order valence-electron chi connectivity index (χ4n) is 1.85. The molecule has 0 atom stereocenters. The maximum atomic E-state index is 5.36. The van der Waals surface area contributed by atoms with Crippen LogP contribution in [0.25, 0.3) is 10.9 Å². The van der Waals surface area contributed by atoms with Crippen molar-refractivity contribution in [2.75, 3.05) is 14.2 Å². The van der Waals surface area contributed by atoms with Crippen molar-refractivity contribution in [2.45, 2.75) is 19.8 Å². The summed E-state index contributed by atoms with van der Waals surface area (Å²) < 4.78 is 10.6. The third-order valence-corrected chi connectivity index (χ3v) is 2.88. The van der Waals surface area contributed by atoms with Crippen LogP contribution in [0.4, 0.5) is 0 Å². The van der Waals surface area contributed by atoms with E-state index in [1.807, 2.05) is 18.3 Å². The first-order chi connectivity index (χ1) is 8.17. The van der Waals surface area contributed by atoms with Gasteiger partial charge in [-0.15, -0.1) is 0 Å². The molecular weight excluding hydrogens is 214 g/mol. The monoisotopic (exact) mass is 231 g/mol. The van der Waals surface area contributed by atoms with Gasteiger partial charge >= 0.3 is 0 Å². The van der Waals surface area contributed by atoms with Crippen molar-refractivity contribution in [3.8, 4) is 11.5 Å². The summed E-state index contributed by atoms with van der Waals surface area (Å²) in [5.74, 6) is 1.88. The van der Waals surface area contributed by atoms with Crippen LogP contribution in [0.2, 0.25) is 0 Å². The minimum atomic E-state index is 0.472.